The first-order chi connectivity index (χ1) is 8.02. The number of thioether (sulfide) groups is 1. The maximum atomic E-state index is 13.0. The van der Waals surface area contributed by atoms with Gasteiger partial charge in [-0.1, -0.05) is 6.92 Å². The second kappa shape index (κ2) is 5.22. The number of thiophene rings is 1. The molecule has 1 unspecified atom stereocenters. The van der Waals surface area contributed by atoms with Crippen LogP contribution in [-0.4, -0.2) is 29.4 Å². The monoisotopic (exact) mass is 279 g/mol. The Morgan fingerprint density at radius 1 is 1.59 bits per heavy atom. The molecule has 0 aromatic carbocycles. The number of nitrogens with one attached hydrogen (secondary N) is 1. The zero-order valence-electron chi connectivity index (χ0n) is 9.45. The Hall–Kier alpha value is -0.170. The third-order valence-electron chi connectivity index (χ3n) is 2.75. The lowest BCUT2D eigenvalue weighted by atomic mass is 10.0. The fourth-order valence-electron chi connectivity index (χ4n) is 1.87. The summed E-state index contributed by atoms with van der Waals surface area (Å²) in [6.07, 6.45) is 0.843. The lowest BCUT2D eigenvalue weighted by Crippen LogP contribution is -2.39. The number of aliphatic hydroxyl groups excluding tert-OH is 1. The fraction of sp³-hybridized carbons (Fsp3) is 0.636. The highest BCUT2D eigenvalue weighted by molar-refractivity contribution is 8.01. The van der Waals surface area contributed by atoms with E-state index in [4.69, 9.17) is 5.11 Å². The van der Waals surface area contributed by atoms with Gasteiger partial charge in [-0.05, 0) is 23.4 Å². The quantitative estimate of drug-likeness (QED) is 0.889. The Morgan fingerprint density at radius 3 is 3.06 bits per heavy atom. The maximum absolute atomic E-state index is 13.0. The van der Waals surface area contributed by atoms with Gasteiger partial charge in [0.05, 0.1) is 10.8 Å². The van der Waals surface area contributed by atoms with E-state index in [2.05, 4.69) is 12.2 Å². The Labute approximate surface area is 107 Å². The summed E-state index contributed by atoms with van der Waals surface area (Å²) in [6.45, 7) is 0.528. The standard InChI is InChI=1S/C11H15F2NOS2/c1-7-4-9(14-5-11(12,13)6-15)8-2-3-16-10(8)17-7/h2-3,7,9,14-15H,4-6H2,1H3/t7-,9?/m0/s1. The van der Waals surface area contributed by atoms with Crippen LogP contribution < -0.4 is 5.32 Å². The largest absolute Gasteiger partial charge is 0.390 e. The van der Waals surface area contributed by atoms with Crippen LogP contribution in [0.4, 0.5) is 8.78 Å². The van der Waals surface area contributed by atoms with Crippen molar-refractivity contribution in [3.8, 4) is 0 Å². The van der Waals surface area contributed by atoms with E-state index in [0.717, 1.165) is 12.0 Å². The number of alkyl halides is 2. The molecule has 1 aliphatic heterocycles. The van der Waals surface area contributed by atoms with Gasteiger partial charge in [0, 0.05) is 11.3 Å². The molecule has 1 aliphatic rings. The number of halogens is 2. The number of fused-ring (bicyclic) bond motifs is 1. The average molecular weight is 279 g/mol. The smallest absolute Gasteiger partial charge is 0.282 e. The number of hydrogen-bond acceptors (Lipinski definition) is 4. The summed E-state index contributed by atoms with van der Waals surface area (Å²) in [6, 6.07) is 1.97. The molecule has 2 rings (SSSR count). The number of hydrogen-bond donors (Lipinski definition) is 2. The first-order valence-corrected chi connectivity index (χ1v) is 7.24. The van der Waals surface area contributed by atoms with E-state index in [-0.39, 0.29) is 6.04 Å². The summed E-state index contributed by atoms with van der Waals surface area (Å²) in [4.78, 5) is 0. The van der Waals surface area contributed by atoms with E-state index in [1.807, 2.05) is 11.4 Å². The second-order valence-corrected chi connectivity index (χ2v) is 6.90. The van der Waals surface area contributed by atoms with Crippen LogP contribution in [0.25, 0.3) is 0 Å². The third-order valence-corrected chi connectivity index (χ3v) is 5.09. The summed E-state index contributed by atoms with van der Waals surface area (Å²) in [5, 5.41) is 13.8. The van der Waals surface area contributed by atoms with Crippen LogP contribution in [0.5, 0.6) is 0 Å². The van der Waals surface area contributed by atoms with Gasteiger partial charge >= 0.3 is 0 Å². The van der Waals surface area contributed by atoms with Gasteiger partial charge in [-0.15, -0.1) is 23.1 Å². The molecule has 0 saturated heterocycles. The minimum Gasteiger partial charge on any atom is -0.390 e. The van der Waals surface area contributed by atoms with Crippen molar-refractivity contribution in [3.63, 3.8) is 0 Å². The maximum Gasteiger partial charge on any atom is 0.282 e. The molecular formula is C11H15F2NOS2. The Balaban J connectivity index is 2.03. The van der Waals surface area contributed by atoms with Crippen molar-refractivity contribution < 1.29 is 13.9 Å². The number of rotatable bonds is 4. The zero-order valence-corrected chi connectivity index (χ0v) is 11.1. The highest BCUT2D eigenvalue weighted by Crippen LogP contribution is 2.43. The van der Waals surface area contributed by atoms with Crippen molar-refractivity contribution in [1.29, 1.82) is 0 Å². The summed E-state index contributed by atoms with van der Waals surface area (Å²) in [7, 11) is 0. The minimum atomic E-state index is -3.04. The molecule has 0 bridgehead atoms. The normalized spacial score (nSPS) is 24.7. The highest BCUT2D eigenvalue weighted by Gasteiger charge is 2.31. The third kappa shape index (κ3) is 3.19. The molecule has 6 heteroatoms. The van der Waals surface area contributed by atoms with Crippen LogP contribution in [0.3, 0.4) is 0 Å². The molecule has 1 aromatic heterocycles. The van der Waals surface area contributed by atoms with E-state index in [9.17, 15) is 8.78 Å². The Morgan fingerprint density at radius 2 is 2.35 bits per heavy atom. The molecule has 2 heterocycles. The first kappa shape index (κ1) is 13.3. The molecule has 1 aromatic rings. The molecule has 96 valence electrons. The van der Waals surface area contributed by atoms with Gasteiger partial charge in [-0.2, -0.15) is 0 Å². The lowest BCUT2D eigenvalue weighted by molar-refractivity contribution is -0.0496. The van der Waals surface area contributed by atoms with Crippen LogP contribution in [0, 0.1) is 0 Å². The molecule has 2 N–H and O–H groups in total. The molecule has 0 radical (unpaired) electrons. The van der Waals surface area contributed by atoms with Crippen molar-refractivity contribution in [2.24, 2.45) is 0 Å². The molecular weight excluding hydrogens is 264 g/mol. The SMILES string of the molecule is C[C@H]1CC(NCC(F)(F)CO)c2ccsc2S1. The molecule has 0 amide bonds. The van der Waals surface area contributed by atoms with Crippen LogP contribution >= 0.6 is 23.1 Å². The van der Waals surface area contributed by atoms with Gasteiger partial charge < -0.3 is 10.4 Å². The van der Waals surface area contributed by atoms with Crippen LogP contribution in [0.1, 0.15) is 24.9 Å². The summed E-state index contributed by atoms with van der Waals surface area (Å²) in [5.41, 5.74) is 1.12. The second-order valence-electron chi connectivity index (χ2n) is 4.28. The molecule has 0 saturated carbocycles. The van der Waals surface area contributed by atoms with E-state index in [1.54, 1.807) is 23.1 Å². The van der Waals surface area contributed by atoms with Crippen molar-refractivity contribution in [2.45, 2.75) is 34.8 Å². The predicted octanol–water partition coefficient (Wildman–Crippen LogP) is 2.89. The Bertz CT molecular complexity index is 383. The summed E-state index contributed by atoms with van der Waals surface area (Å²) < 4.78 is 27.2. The van der Waals surface area contributed by atoms with Gasteiger partial charge in [0.15, 0.2) is 0 Å². The first-order valence-electron chi connectivity index (χ1n) is 5.48. The van der Waals surface area contributed by atoms with Crippen molar-refractivity contribution in [2.75, 3.05) is 13.2 Å². The lowest BCUT2D eigenvalue weighted by Gasteiger charge is -2.28. The van der Waals surface area contributed by atoms with E-state index in [0.29, 0.717) is 5.25 Å². The van der Waals surface area contributed by atoms with Gasteiger partial charge in [0.25, 0.3) is 5.92 Å². The molecule has 17 heavy (non-hydrogen) atoms. The highest BCUT2D eigenvalue weighted by atomic mass is 32.2. The van der Waals surface area contributed by atoms with Crippen LogP contribution in [-0.2, 0) is 0 Å². The van der Waals surface area contributed by atoms with Crippen molar-refractivity contribution in [3.05, 3.63) is 17.0 Å². The van der Waals surface area contributed by atoms with Gasteiger partial charge in [-0.3, -0.25) is 0 Å². The average Bonchev–Trinajstić information content (AvgIpc) is 2.73. The summed E-state index contributed by atoms with van der Waals surface area (Å²) in [5.74, 6) is -3.04. The molecule has 0 spiro atoms. The zero-order chi connectivity index (χ0) is 12.5. The number of aliphatic hydroxyl groups is 1. The van der Waals surface area contributed by atoms with E-state index in [1.165, 1.54) is 4.21 Å². The van der Waals surface area contributed by atoms with Gasteiger partial charge in [0.1, 0.15) is 6.61 Å². The van der Waals surface area contributed by atoms with Gasteiger partial charge in [-0.25, -0.2) is 8.78 Å². The molecule has 2 nitrogen and oxygen atoms in total. The Kier molecular flexibility index (Phi) is 4.07. The van der Waals surface area contributed by atoms with Gasteiger partial charge in [0.2, 0.25) is 0 Å². The molecule has 0 fully saturated rings. The molecule has 2 atom stereocenters. The van der Waals surface area contributed by atoms with Crippen molar-refractivity contribution >= 4 is 23.1 Å². The minimum absolute atomic E-state index is 0.0232. The summed E-state index contributed by atoms with van der Waals surface area (Å²) >= 11 is 3.46. The fourth-order valence-corrected chi connectivity index (χ4v) is 4.44. The van der Waals surface area contributed by atoms with E-state index >= 15 is 0 Å². The molecule has 0 aliphatic carbocycles. The van der Waals surface area contributed by atoms with E-state index < -0.39 is 19.1 Å². The predicted molar refractivity (Wildman–Crippen MR) is 67.0 cm³/mol. The van der Waals surface area contributed by atoms with Crippen LogP contribution in [0.15, 0.2) is 15.7 Å². The van der Waals surface area contributed by atoms with Crippen molar-refractivity contribution in [1.82, 2.24) is 5.32 Å². The topological polar surface area (TPSA) is 32.3 Å². The van der Waals surface area contributed by atoms with Crippen LogP contribution in [0.2, 0.25) is 0 Å².